The summed E-state index contributed by atoms with van der Waals surface area (Å²) < 4.78 is 0. The molecule has 1 heterocycles. The van der Waals surface area contributed by atoms with Gasteiger partial charge in [-0.1, -0.05) is 18.2 Å². The molecular formula is C12H11NO3. The molecule has 0 spiro atoms. The summed E-state index contributed by atoms with van der Waals surface area (Å²) in [6.45, 7) is 0. The summed E-state index contributed by atoms with van der Waals surface area (Å²) in [5.41, 5.74) is 1.33. The standard InChI is InChI=1S/C12H11NO3/c14-7-8-2-1-3-9(6-8)10-4-5-11(15)13-12(10)16/h1-3,6-7,10H,4-5H2,(H,13,15,16). The minimum Gasteiger partial charge on any atom is -0.298 e. The summed E-state index contributed by atoms with van der Waals surface area (Å²) in [5.74, 6) is -0.829. The zero-order valence-electron chi connectivity index (χ0n) is 8.60. The van der Waals surface area contributed by atoms with Crippen LogP contribution in [-0.2, 0) is 9.59 Å². The van der Waals surface area contributed by atoms with Gasteiger partial charge in [0.1, 0.15) is 6.29 Å². The van der Waals surface area contributed by atoms with E-state index in [1.807, 2.05) is 0 Å². The van der Waals surface area contributed by atoms with E-state index in [1.54, 1.807) is 24.3 Å². The zero-order chi connectivity index (χ0) is 11.5. The molecule has 1 aromatic rings. The normalized spacial score (nSPS) is 20.4. The minimum absolute atomic E-state index is 0.229. The highest BCUT2D eigenvalue weighted by Crippen LogP contribution is 2.24. The summed E-state index contributed by atoms with van der Waals surface area (Å²) >= 11 is 0. The Kier molecular flexibility index (Phi) is 2.81. The van der Waals surface area contributed by atoms with Crippen LogP contribution in [0.4, 0.5) is 0 Å². The van der Waals surface area contributed by atoms with Crippen molar-refractivity contribution in [3.8, 4) is 0 Å². The summed E-state index contributed by atoms with van der Waals surface area (Å²) in [6.07, 6.45) is 1.60. The van der Waals surface area contributed by atoms with Crippen LogP contribution in [-0.4, -0.2) is 18.1 Å². The van der Waals surface area contributed by atoms with Crippen LogP contribution in [0.5, 0.6) is 0 Å². The predicted octanol–water partition coefficient (Wildman–Crippen LogP) is 1.02. The summed E-state index contributed by atoms with van der Waals surface area (Å²) in [4.78, 5) is 33.2. The molecule has 16 heavy (non-hydrogen) atoms. The molecule has 1 atom stereocenters. The summed E-state index contributed by atoms with van der Waals surface area (Å²) in [6, 6.07) is 6.91. The number of carbonyl (C=O) groups is 3. The lowest BCUT2D eigenvalue weighted by Gasteiger charge is -2.21. The monoisotopic (exact) mass is 217 g/mol. The Morgan fingerprint density at radius 3 is 2.81 bits per heavy atom. The average molecular weight is 217 g/mol. The van der Waals surface area contributed by atoms with E-state index in [1.165, 1.54) is 0 Å². The second-order valence-corrected chi connectivity index (χ2v) is 3.79. The Morgan fingerprint density at radius 2 is 2.12 bits per heavy atom. The Hall–Kier alpha value is -1.97. The largest absolute Gasteiger partial charge is 0.298 e. The maximum Gasteiger partial charge on any atom is 0.234 e. The first kappa shape index (κ1) is 10.5. The van der Waals surface area contributed by atoms with Crippen LogP contribution >= 0.6 is 0 Å². The van der Waals surface area contributed by atoms with Crippen LogP contribution < -0.4 is 5.32 Å². The van der Waals surface area contributed by atoms with E-state index in [0.29, 0.717) is 18.4 Å². The van der Waals surface area contributed by atoms with Crippen LogP contribution in [0.25, 0.3) is 0 Å². The molecule has 1 aromatic carbocycles. The van der Waals surface area contributed by atoms with Crippen LogP contribution in [0.3, 0.4) is 0 Å². The molecule has 0 bridgehead atoms. The highest BCUT2D eigenvalue weighted by molar-refractivity contribution is 6.01. The fourth-order valence-corrected chi connectivity index (χ4v) is 1.86. The van der Waals surface area contributed by atoms with Crippen molar-refractivity contribution >= 4 is 18.1 Å². The Morgan fingerprint density at radius 1 is 1.31 bits per heavy atom. The number of carbonyl (C=O) groups excluding carboxylic acids is 3. The van der Waals surface area contributed by atoms with Gasteiger partial charge in [0.15, 0.2) is 0 Å². The Bertz CT molecular complexity index is 453. The van der Waals surface area contributed by atoms with Gasteiger partial charge in [-0.15, -0.1) is 0 Å². The first-order chi connectivity index (χ1) is 7.70. The molecule has 0 saturated carbocycles. The Labute approximate surface area is 92.6 Å². The third-order valence-electron chi connectivity index (χ3n) is 2.69. The van der Waals surface area contributed by atoms with Gasteiger partial charge in [0.05, 0.1) is 5.92 Å². The number of hydrogen-bond donors (Lipinski definition) is 1. The quantitative estimate of drug-likeness (QED) is 0.594. The zero-order valence-corrected chi connectivity index (χ0v) is 8.60. The average Bonchev–Trinajstić information content (AvgIpc) is 2.29. The van der Waals surface area contributed by atoms with E-state index in [0.717, 1.165) is 11.8 Å². The van der Waals surface area contributed by atoms with E-state index in [9.17, 15) is 14.4 Å². The fourth-order valence-electron chi connectivity index (χ4n) is 1.86. The molecule has 0 aromatic heterocycles. The smallest absolute Gasteiger partial charge is 0.234 e. The molecule has 82 valence electrons. The molecule has 1 aliphatic rings. The van der Waals surface area contributed by atoms with Gasteiger partial charge in [-0.05, 0) is 18.1 Å². The van der Waals surface area contributed by atoms with Crippen molar-refractivity contribution in [3.63, 3.8) is 0 Å². The molecule has 1 N–H and O–H groups in total. The molecule has 2 rings (SSSR count). The Balaban J connectivity index is 2.26. The van der Waals surface area contributed by atoms with Gasteiger partial charge < -0.3 is 0 Å². The predicted molar refractivity (Wildman–Crippen MR) is 57.0 cm³/mol. The lowest BCUT2D eigenvalue weighted by Crippen LogP contribution is -2.39. The van der Waals surface area contributed by atoms with Crippen LogP contribution in [0.2, 0.25) is 0 Å². The maximum atomic E-state index is 11.6. The second kappa shape index (κ2) is 4.26. The van der Waals surface area contributed by atoms with Crippen molar-refractivity contribution in [1.82, 2.24) is 5.32 Å². The first-order valence-corrected chi connectivity index (χ1v) is 5.09. The van der Waals surface area contributed by atoms with E-state index in [2.05, 4.69) is 5.32 Å². The second-order valence-electron chi connectivity index (χ2n) is 3.79. The third kappa shape index (κ3) is 2.00. The lowest BCUT2D eigenvalue weighted by molar-refractivity contribution is -0.134. The maximum absolute atomic E-state index is 11.6. The van der Waals surface area contributed by atoms with Gasteiger partial charge in [-0.2, -0.15) is 0 Å². The van der Waals surface area contributed by atoms with Crippen LogP contribution in [0.15, 0.2) is 24.3 Å². The number of piperidine rings is 1. The molecule has 1 saturated heterocycles. The van der Waals surface area contributed by atoms with Gasteiger partial charge in [0, 0.05) is 12.0 Å². The fraction of sp³-hybridized carbons (Fsp3) is 0.250. The molecule has 0 radical (unpaired) electrons. The highest BCUT2D eigenvalue weighted by atomic mass is 16.2. The highest BCUT2D eigenvalue weighted by Gasteiger charge is 2.27. The lowest BCUT2D eigenvalue weighted by atomic mass is 9.90. The number of nitrogens with one attached hydrogen (secondary N) is 1. The van der Waals surface area contributed by atoms with Crippen molar-refractivity contribution in [2.45, 2.75) is 18.8 Å². The molecule has 1 unspecified atom stereocenters. The number of imide groups is 1. The van der Waals surface area contributed by atoms with E-state index in [-0.39, 0.29) is 17.7 Å². The first-order valence-electron chi connectivity index (χ1n) is 5.09. The molecule has 4 nitrogen and oxygen atoms in total. The number of benzene rings is 1. The number of rotatable bonds is 2. The van der Waals surface area contributed by atoms with E-state index >= 15 is 0 Å². The van der Waals surface area contributed by atoms with Gasteiger partial charge in [-0.25, -0.2) is 0 Å². The van der Waals surface area contributed by atoms with Gasteiger partial charge in [0.25, 0.3) is 0 Å². The van der Waals surface area contributed by atoms with Crippen molar-refractivity contribution < 1.29 is 14.4 Å². The molecular weight excluding hydrogens is 206 g/mol. The third-order valence-corrected chi connectivity index (χ3v) is 2.69. The van der Waals surface area contributed by atoms with Gasteiger partial charge in [-0.3, -0.25) is 19.7 Å². The number of aldehydes is 1. The molecule has 0 aliphatic carbocycles. The van der Waals surface area contributed by atoms with Crippen molar-refractivity contribution in [2.24, 2.45) is 0 Å². The van der Waals surface area contributed by atoms with Crippen molar-refractivity contribution in [3.05, 3.63) is 35.4 Å². The molecule has 1 fully saturated rings. The van der Waals surface area contributed by atoms with Crippen molar-refractivity contribution in [1.29, 1.82) is 0 Å². The topological polar surface area (TPSA) is 63.2 Å². The SMILES string of the molecule is O=Cc1cccc(C2CCC(=O)NC2=O)c1. The van der Waals surface area contributed by atoms with E-state index in [4.69, 9.17) is 0 Å². The van der Waals surface area contributed by atoms with Crippen LogP contribution in [0.1, 0.15) is 34.7 Å². The van der Waals surface area contributed by atoms with Gasteiger partial charge >= 0.3 is 0 Å². The summed E-state index contributed by atoms with van der Waals surface area (Å²) in [5, 5.41) is 2.30. The molecule has 4 heteroatoms. The molecule has 2 amide bonds. The van der Waals surface area contributed by atoms with Gasteiger partial charge in [0.2, 0.25) is 11.8 Å². The minimum atomic E-state index is -0.322. The van der Waals surface area contributed by atoms with Crippen molar-refractivity contribution in [2.75, 3.05) is 0 Å². The number of hydrogen-bond acceptors (Lipinski definition) is 3. The summed E-state index contributed by atoms with van der Waals surface area (Å²) in [7, 11) is 0. The van der Waals surface area contributed by atoms with Crippen LogP contribution in [0, 0.1) is 0 Å². The molecule has 1 aliphatic heterocycles. The number of amides is 2. The van der Waals surface area contributed by atoms with E-state index < -0.39 is 0 Å².